The van der Waals surface area contributed by atoms with Gasteiger partial charge in [-0.15, -0.1) is 0 Å². The van der Waals surface area contributed by atoms with Crippen LogP contribution in [0.2, 0.25) is 0 Å². The maximum Gasteiger partial charge on any atom is 0.308 e. The Labute approximate surface area is 166 Å². The lowest BCUT2D eigenvalue weighted by Gasteiger charge is -2.27. The summed E-state index contributed by atoms with van der Waals surface area (Å²) >= 11 is 2.02. The van der Waals surface area contributed by atoms with Gasteiger partial charge in [0.15, 0.2) is 0 Å². The zero-order valence-corrected chi connectivity index (χ0v) is 16.9. The molecule has 1 aliphatic carbocycles. The third-order valence-corrected chi connectivity index (χ3v) is 7.03. The normalized spacial score (nSPS) is 23.6. The number of piperidine rings is 1. The number of benzene rings is 1. The van der Waals surface area contributed by atoms with Crippen molar-refractivity contribution in [2.75, 3.05) is 20.2 Å². The molecule has 148 valence electrons. The predicted molar refractivity (Wildman–Crippen MR) is 109 cm³/mol. The molecule has 1 amide bonds. The number of esters is 1. The molecule has 1 aliphatic heterocycles. The maximum absolute atomic E-state index is 12.5. The van der Waals surface area contributed by atoms with E-state index in [-0.39, 0.29) is 23.8 Å². The summed E-state index contributed by atoms with van der Waals surface area (Å²) in [7, 11) is 1.44. The van der Waals surface area contributed by atoms with E-state index in [0.717, 1.165) is 49.8 Å². The minimum atomic E-state index is -0.127. The molecule has 2 aliphatic rings. The van der Waals surface area contributed by atoms with E-state index in [1.807, 2.05) is 23.9 Å². The minimum absolute atomic E-state index is 0.0140. The van der Waals surface area contributed by atoms with Crippen LogP contribution in [0, 0.1) is 5.92 Å². The molecule has 0 unspecified atom stereocenters. The van der Waals surface area contributed by atoms with Crippen LogP contribution in [0.1, 0.15) is 54.4 Å². The Hall–Kier alpha value is -1.53. The van der Waals surface area contributed by atoms with Crippen LogP contribution in [-0.2, 0) is 15.3 Å². The van der Waals surface area contributed by atoms with E-state index in [9.17, 15) is 9.59 Å². The SMILES string of the molecule is COC(=O)C1CCC(NC(=O)c2ccc(CSC3CCNCC3)cc2)CC1. The van der Waals surface area contributed by atoms with Crippen molar-refractivity contribution in [3.63, 3.8) is 0 Å². The fourth-order valence-electron chi connectivity index (χ4n) is 3.84. The largest absolute Gasteiger partial charge is 0.469 e. The van der Waals surface area contributed by atoms with E-state index >= 15 is 0 Å². The van der Waals surface area contributed by atoms with Gasteiger partial charge in [0.1, 0.15) is 0 Å². The van der Waals surface area contributed by atoms with Crippen LogP contribution >= 0.6 is 11.8 Å². The number of carbonyl (C=O) groups is 2. The highest BCUT2D eigenvalue weighted by Crippen LogP contribution is 2.26. The lowest BCUT2D eigenvalue weighted by Crippen LogP contribution is -2.38. The number of nitrogens with one attached hydrogen (secondary N) is 2. The molecular weight excluding hydrogens is 360 g/mol. The van der Waals surface area contributed by atoms with Crippen molar-refractivity contribution in [1.82, 2.24) is 10.6 Å². The third kappa shape index (κ3) is 5.98. The van der Waals surface area contributed by atoms with Gasteiger partial charge in [-0.1, -0.05) is 12.1 Å². The second kappa shape index (κ2) is 10.1. The van der Waals surface area contributed by atoms with E-state index in [4.69, 9.17) is 4.74 Å². The number of ether oxygens (including phenoxy) is 1. The highest BCUT2D eigenvalue weighted by molar-refractivity contribution is 7.99. The van der Waals surface area contributed by atoms with Gasteiger partial charge in [-0.2, -0.15) is 11.8 Å². The number of methoxy groups -OCH3 is 1. The molecule has 1 aromatic rings. The summed E-state index contributed by atoms with van der Waals surface area (Å²) in [5.41, 5.74) is 1.98. The summed E-state index contributed by atoms with van der Waals surface area (Å²) in [4.78, 5) is 24.1. The summed E-state index contributed by atoms with van der Waals surface area (Å²) < 4.78 is 4.81. The van der Waals surface area contributed by atoms with E-state index in [1.54, 1.807) is 0 Å². The Morgan fingerprint density at radius 2 is 1.74 bits per heavy atom. The Kier molecular flexibility index (Phi) is 7.59. The Morgan fingerprint density at radius 3 is 2.37 bits per heavy atom. The Bertz CT molecular complexity index is 621. The average molecular weight is 391 g/mol. The summed E-state index contributed by atoms with van der Waals surface area (Å²) in [5.74, 6) is 0.844. The molecule has 3 rings (SSSR count). The van der Waals surface area contributed by atoms with Crippen molar-refractivity contribution in [1.29, 1.82) is 0 Å². The molecule has 1 saturated carbocycles. The molecule has 1 saturated heterocycles. The van der Waals surface area contributed by atoms with Crippen molar-refractivity contribution in [3.8, 4) is 0 Å². The molecule has 0 spiro atoms. The molecule has 0 bridgehead atoms. The lowest BCUT2D eigenvalue weighted by atomic mass is 9.86. The van der Waals surface area contributed by atoms with E-state index < -0.39 is 0 Å². The molecule has 1 aromatic carbocycles. The molecule has 0 aromatic heterocycles. The van der Waals surface area contributed by atoms with Crippen LogP contribution in [0.3, 0.4) is 0 Å². The van der Waals surface area contributed by atoms with E-state index in [2.05, 4.69) is 22.8 Å². The van der Waals surface area contributed by atoms with Gasteiger partial charge >= 0.3 is 5.97 Å². The van der Waals surface area contributed by atoms with Gasteiger partial charge in [0.05, 0.1) is 13.0 Å². The first-order valence-electron chi connectivity index (χ1n) is 9.95. The first kappa shape index (κ1) is 20.2. The van der Waals surface area contributed by atoms with Crippen molar-refractivity contribution in [3.05, 3.63) is 35.4 Å². The number of thioether (sulfide) groups is 1. The summed E-state index contributed by atoms with van der Waals surface area (Å²) in [6.07, 6.45) is 5.70. The van der Waals surface area contributed by atoms with E-state index in [0.29, 0.717) is 5.56 Å². The van der Waals surface area contributed by atoms with Crippen LogP contribution < -0.4 is 10.6 Å². The number of hydrogen-bond donors (Lipinski definition) is 2. The van der Waals surface area contributed by atoms with Gasteiger partial charge in [0.25, 0.3) is 5.91 Å². The van der Waals surface area contributed by atoms with Crippen LogP contribution in [-0.4, -0.2) is 43.4 Å². The number of rotatable bonds is 6. The summed E-state index contributed by atoms with van der Waals surface area (Å²) in [5, 5.41) is 7.25. The second-order valence-corrected chi connectivity index (χ2v) is 8.79. The monoisotopic (exact) mass is 390 g/mol. The van der Waals surface area contributed by atoms with Crippen molar-refractivity contribution in [2.24, 2.45) is 5.92 Å². The van der Waals surface area contributed by atoms with Crippen LogP contribution in [0.4, 0.5) is 0 Å². The molecule has 0 radical (unpaired) electrons. The van der Waals surface area contributed by atoms with Gasteiger partial charge in [0.2, 0.25) is 0 Å². The summed E-state index contributed by atoms with van der Waals surface area (Å²) in [6, 6.07) is 8.13. The standard InChI is InChI=1S/C21H30N2O3S/c1-26-21(25)17-6-8-18(9-7-17)23-20(24)16-4-2-15(3-5-16)14-27-19-10-12-22-13-11-19/h2-5,17-19,22H,6-14H2,1H3,(H,23,24). The molecule has 6 heteroatoms. The highest BCUT2D eigenvalue weighted by Gasteiger charge is 2.27. The fraction of sp³-hybridized carbons (Fsp3) is 0.619. The second-order valence-electron chi connectivity index (χ2n) is 7.50. The average Bonchev–Trinajstić information content (AvgIpc) is 2.73. The molecule has 2 N–H and O–H groups in total. The van der Waals surface area contributed by atoms with Gasteiger partial charge in [-0.25, -0.2) is 0 Å². The van der Waals surface area contributed by atoms with Crippen molar-refractivity contribution >= 4 is 23.6 Å². The smallest absolute Gasteiger partial charge is 0.308 e. The number of amides is 1. The highest BCUT2D eigenvalue weighted by atomic mass is 32.2. The predicted octanol–water partition coefficient (Wildman–Crippen LogP) is 3.13. The molecule has 2 fully saturated rings. The Morgan fingerprint density at radius 1 is 1.07 bits per heavy atom. The molecule has 0 atom stereocenters. The lowest BCUT2D eigenvalue weighted by molar-refractivity contribution is -0.146. The van der Waals surface area contributed by atoms with Gasteiger partial charge < -0.3 is 15.4 Å². The van der Waals surface area contributed by atoms with Gasteiger partial charge in [-0.3, -0.25) is 9.59 Å². The van der Waals surface area contributed by atoms with Crippen LogP contribution in [0.5, 0.6) is 0 Å². The van der Waals surface area contributed by atoms with Crippen LogP contribution in [0.25, 0.3) is 0 Å². The molecular formula is C21H30N2O3S. The van der Waals surface area contributed by atoms with Crippen molar-refractivity contribution in [2.45, 2.75) is 55.6 Å². The number of hydrogen-bond acceptors (Lipinski definition) is 5. The number of carbonyl (C=O) groups excluding carboxylic acids is 2. The zero-order chi connectivity index (χ0) is 19.1. The first-order valence-corrected chi connectivity index (χ1v) is 11.0. The summed E-state index contributed by atoms with van der Waals surface area (Å²) in [6.45, 7) is 2.25. The van der Waals surface area contributed by atoms with E-state index in [1.165, 1.54) is 25.5 Å². The minimum Gasteiger partial charge on any atom is -0.469 e. The molecule has 1 heterocycles. The quantitative estimate of drug-likeness (QED) is 0.731. The molecule has 27 heavy (non-hydrogen) atoms. The molecule has 5 nitrogen and oxygen atoms in total. The van der Waals surface area contributed by atoms with Crippen LogP contribution in [0.15, 0.2) is 24.3 Å². The van der Waals surface area contributed by atoms with Gasteiger partial charge in [0, 0.05) is 22.6 Å². The van der Waals surface area contributed by atoms with Gasteiger partial charge in [-0.05, 0) is 69.3 Å². The van der Waals surface area contributed by atoms with Crippen molar-refractivity contribution < 1.29 is 14.3 Å². The topological polar surface area (TPSA) is 67.4 Å². The third-order valence-electron chi connectivity index (χ3n) is 5.58. The zero-order valence-electron chi connectivity index (χ0n) is 16.0. The maximum atomic E-state index is 12.5. The first-order chi connectivity index (χ1) is 13.2. The Balaban J connectivity index is 1.43. The fourth-order valence-corrected chi connectivity index (χ4v) is 5.03.